The lowest BCUT2D eigenvalue weighted by molar-refractivity contribution is -0.192. The van der Waals surface area contributed by atoms with E-state index in [2.05, 4.69) is 25.6 Å². The molecule has 1 aromatic carbocycles. The predicted octanol–water partition coefficient (Wildman–Crippen LogP) is 3.36. The smallest absolute Gasteiger partial charge is 0.490 e. The molecule has 15 heteroatoms. The molecule has 11 nitrogen and oxygen atoms in total. The number of fused-ring (bicyclic) bond motifs is 2. The van der Waals surface area contributed by atoms with Crippen LogP contribution in [0.25, 0.3) is 16.6 Å². The van der Waals surface area contributed by atoms with E-state index in [0.29, 0.717) is 28.5 Å². The van der Waals surface area contributed by atoms with Gasteiger partial charge in [-0.2, -0.15) is 18.3 Å². The number of carbonyl (C=O) groups excluding carboxylic acids is 1. The van der Waals surface area contributed by atoms with Crippen molar-refractivity contribution in [2.75, 3.05) is 12.3 Å². The molecule has 0 fully saturated rings. The average molecular weight is 514 g/mol. The van der Waals surface area contributed by atoms with Gasteiger partial charge in [-0.15, -0.1) is 5.10 Å². The Labute approximate surface area is 200 Å². The van der Waals surface area contributed by atoms with Gasteiger partial charge in [-0.25, -0.2) is 14.3 Å². The molecule has 3 aromatic heterocycles. The normalized spacial score (nSPS) is 12.2. The number of anilines is 1. The van der Waals surface area contributed by atoms with Crippen molar-refractivity contribution in [2.24, 2.45) is 0 Å². The van der Waals surface area contributed by atoms with Crippen molar-refractivity contribution in [3.8, 4) is 5.75 Å². The minimum absolute atomic E-state index is 0.107. The van der Waals surface area contributed by atoms with Crippen LogP contribution in [0.4, 0.5) is 19.0 Å². The minimum Gasteiger partial charge on any atom is -0.491 e. The number of halogens is 4. The summed E-state index contributed by atoms with van der Waals surface area (Å²) in [7, 11) is 0. The zero-order chi connectivity index (χ0) is 25.9. The first kappa shape index (κ1) is 25.6. The molecule has 5 N–H and O–H groups in total. The number of nitrogens with two attached hydrogens (primary N) is 1. The number of nitrogen functional groups attached to an aromatic ring is 1. The summed E-state index contributed by atoms with van der Waals surface area (Å²) in [5.74, 6) is -2.44. The second-order valence-corrected chi connectivity index (χ2v) is 7.42. The fourth-order valence-corrected chi connectivity index (χ4v) is 3.42. The van der Waals surface area contributed by atoms with Crippen LogP contribution in [0, 0.1) is 0 Å². The van der Waals surface area contributed by atoms with E-state index in [-0.39, 0.29) is 17.3 Å². The molecule has 1 atom stereocenters. The van der Waals surface area contributed by atoms with E-state index >= 15 is 0 Å². The van der Waals surface area contributed by atoms with Crippen molar-refractivity contribution >= 4 is 45.8 Å². The van der Waals surface area contributed by atoms with E-state index < -0.39 is 18.2 Å². The van der Waals surface area contributed by atoms with Gasteiger partial charge in [0.15, 0.2) is 11.5 Å². The van der Waals surface area contributed by atoms with Crippen LogP contribution < -0.4 is 15.8 Å². The Balaban J connectivity index is 0.000000429. The number of ether oxygens (including phenoxy) is 1. The zero-order valence-electron chi connectivity index (χ0n) is 18.2. The molecule has 0 saturated carbocycles. The highest BCUT2D eigenvalue weighted by molar-refractivity contribution is 6.35. The number of amides is 1. The number of aromatic amines is 1. The van der Waals surface area contributed by atoms with Gasteiger partial charge in [0, 0.05) is 23.3 Å². The Morgan fingerprint density at radius 1 is 1.40 bits per heavy atom. The molecule has 4 rings (SSSR count). The Kier molecular flexibility index (Phi) is 7.34. The van der Waals surface area contributed by atoms with Gasteiger partial charge in [-0.05, 0) is 26.0 Å². The van der Waals surface area contributed by atoms with E-state index in [4.69, 9.17) is 32.0 Å². The second kappa shape index (κ2) is 10.0. The lowest BCUT2D eigenvalue weighted by atomic mass is 10.0. The lowest BCUT2D eigenvalue weighted by Crippen LogP contribution is -2.27. The lowest BCUT2D eigenvalue weighted by Gasteiger charge is -2.19. The van der Waals surface area contributed by atoms with Gasteiger partial charge >= 0.3 is 12.1 Å². The number of carboxylic acid groups (broad SMARTS) is 1. The first-order chi connectivity index (χ1) is 16.5. The number of hydrogen-bond donors (Lipinski definition) is 4. The van der Waals surface area contributed by atoms with Crippen LogP contribution in [0.15, 0.2) is 30.7 Å². The molecule has 35 heavy (non-hydrogen) atoms. The molecule has 3 heterocycles. The molecule has 0 bridgehead atoms. The van der Waals surface area contributed by atoms with E-state index in [1.54, 1.807) is 30.7 Å². The maximum atomic E-state index is 12.9. The summed E-state index contributed by atoms with van der Waals surface area (Å²) < 4.78 is 39.0. The van der Waals surface area contributed by atoms with E-state index in [1.165, 1.54) is 4.52 Å². The number of benzene rings is 1. The minimum atomic E-state index is -5.08. The second-order valence-electron chi connectivity index (χ2n) is 7.01. The number of nitrogens with one attached hydrogen (secondary N) is 2. The van der Waals surface area contributed by atoms with Crippen LogP contribution in [-0.2, 0) is 4.79 Å². The van der Waals surface area contributed by atoms with Gasteiger partial charge in [0.25, 0.3) is 5.91 Å². The monoisotopic (exact) mass is 513 g/mol. The maximum Gasteiger partial charge on any atom is 0.490 e. The van der Waals surface area contributed by atoms with Gasteiger partial charge in [0.2, 0.25) is 0 Å². The molecule has 186 valence electrons. The van der Waals surface area contributed by atoms with Crippen LogP contribution in [0.3, 0.4) is 0 Å². The molecule has 0 aliphatic carbocycles. The van der Waals surface area contributed by atoms with Crippen molar-refractivity contribution < 1.29 is 32.6 Å². The molecule has 4 aromatic rings. The van der Waals surface area contributed by atoms with Crippen molar-refractivity contribution in [3.05, 3.63) is 46.9 Å². The van der Waals surface area contributed by atoms with Crippen LogP contribution in [-0.4, -0.2) is 54.6 Å². The van der Waals surface area contributed by atoms with E-state index in [0.717, 1.165) is 10.9 Å². The molecule has 1 unspecified atom stereocenters. The van der Waals surface area contributed by atoms with Gasteiger partial charge in [0.1, 0.15) is 16.8 Å². The summed E-state index contributed by atoms with van der Waals surface area (Å²) in [4.78, 5) is 26.0. The summed E-state index contributed by atoms with van der Waals surface area (Å²) in [6.07, 6.45) is -0.188. The quantitative estimate of drug-likeness (QED) is 0.316. The molecule has 0 radical (unpaired) electrons. The third-order valence-electron chi connectivity index (χ3n) is 4.66. The zero-order valence-corrected chi connectivity index (χ0v) is 19.0. The SMILES string of the molecule is CCOc1c(C(C)NC(=O)c2c(N)nn3cccnc23)cc(Cl)c2cn[nH]c12.O=C(O)C(F)(F)F. The first-order valence-corrected chi connectivity index (χ1v) is 10.3. The van der Waals surface area contributed by atoms with Gasteiger partial charge in [-0.1, -0.05) is 11.6 Å². The van der Waals surface area contributed by atoms with Gasteiger partial charge in [-0.3, -0.25) is 9.89 Å². The average Bonchev–Trinajstić information content (AvgIpc) is 3.39. The number of rotatable bonds is 5. The van der Waals surface area contributed by atoms with Crippen molar-refractivity contribution in [1.29, 1.82) is 0 Å². The fourth-order valence-electron chi connectivity index (χ4n) is 3.15. The number of H-pyrrole nitrogens is 1. The highest BCUT2D eigenvalue weighted by Gasteiger charge is 2.38. The topological polar surface area (TPSA) is 161 Å². The highest BCUT2D eigenvalue weighted by atomic mass is 35.5. The number of aromatic nitrogens is 5. The third-order valence-corrected chi connectivity index (χ3v) is 4.98. The van der Waals surface area contributed by atoms with Crippen LogP contribution in [0.1, 0.15) is 35.8 Å². The predicted molar refractivity (Wildman–Crippen MR) is 119 cm³/mol. The van der Waals surface area contributed by atoms with Crippen LogP contribution in [0.2, 0.25) is 5.02 Å². The van der Waals surface area contributed by atoms with Gasteiger partial charge < -0.3 is 20.9 Å². The summed E-state index contributed by atoms with van der Waals surface area (Å²) in [6, 6.07) is 3.06. The largest absolute Gasteiger partial charge is 0.491 e. The number of hydrogen-bond acceptors (Lipinski definition) is 7. The Morgan fingerprint density at radius 3 is 2.71 bits per heavy atom. The Hall–Kier alpha value is -4.07. The molecule has 0 spiro atoms. The number of alkyl halides is 3. The molecule has 1 amide bonds. The maximum absolute atomic E-state index is 12.9. The summed E-state index contributed by atoms with van der Waals surface area (Å²) >= 11 is 6.39. The van der Waals surface area contributed by atoms with Crippen LogP contribution in [0.5, 0.6) is 5.75 Å². The number of aliphatic carboxylic acids is 1. The first-order valence-electron chi connectivity index (χ1n) is 9.93. The molecular weight excluding hydrogens is 495 g/mol. The van der Waals surface area contributed by atoms with E-state index in [1.807, 2.05) is 13.8 Å². The highest BCUT2D eigenvalue weighted by Crippen LogP contribution is 2.37. The molecule has 0 saturated heterocycles. The summed E-state index contributed by atoms with van der Waals surface area (Å²) in [5.41, 5.74) is 7.95. The van der Waals surface area contributed by atoms with Crippen LogP contribution >= 0.6 is 11.6 Å². The fraction of sp³-hybridized carbons (Fsp3) is 0.250. The molecule has 0 aliphatic rings. The van der Waals surface area contributed by atoms with Crippen molar-refractivity contribution in [3.63, 3.8) is 0 Å². The standard InChI is InChI=1S/C18H18ClN7O2.C2HF3O2/c1-3-28-15-10(7-12(19)11-8-22-24-14(11)15)9(2)23-18(27)13-16(20)25-26-6-4-5-21-17(13)26;3-2(4,5)1(6)7/h4-9H,3H2,1-2H3,(H2,20,25)(H,22,24)(H,23,27);(H,6,7). The Morgan fingerprint density at radius 2 is 2.09 bits per heavy atom. The number of nitrogens with zero attached hydrogens (tertiary/aromatic N) is 4. The summed E-state index contributed by atoms with van der Waals surface area (Å²) in [5, 5.41) is 22.4. The molecular formula is C20H19ClF3N7O4. The summed E-state index contributed by atoms with van der Waals surface area (Å²) in [6.45, 7) is 4.17. The van der Waals surface area contributed by atoms with Crippen molar-refractivity contribution in [1.82, 2.24) is 30.1 Å². The van der Waals surface area contributed by atoms with E-state index in [9.17, 15) is 18.0 Å². The Bertz CT molecular complexity index is 1390. The molecule has 0 aliphatic heterocycles. The number of carboxylic acids is 1. The third kappa shape index (κ3) is 5.37. The number of carbonyl (C=O) groups is 2. The van der Waals surface area contributed by atoms with Crippen molar-refractivity contribution in [2.45, 2.75) is 26.1 Å². The van der Waals surface area contributed by atoms with Gasteiger partial charge in [0.05, 0.1) is 23.9 Å².